The van der Waals surface area contributed by atoms with Crippen molar-refractivity contribution in [3.8, 4) is 28.1 Å². The molecule has 0 saturated heterocycles. The lowest BCUT2D eigenvalue weighted by Crippen LogP contribution is -2.60. The highest BCUT2D eigenvalue weighted by Gasteiger charge is 2.43. The summed E-state index contributed by atoms with van der Waals surface area (Å²) in [6.07, 6.45) is 9.12. The fourth-order valence-corrected chi connectivity index (χ4v) is 9.34. The molecule has 11 rings (SSSR count). The number of fused-ring (bicyclic) bond motifs is 7. The van der Waals surface area contributed by atoms with Crippen molar-refractivity contribution >= 4 is 56.8 Å². The molecule has 1 aromatic heterocycles. The van der Waals surface area contributed by atoms with Gasteiger partial charge < -0.3 is 14.4 Å². The molecule has 4 heteroatoms. The van der Waals surface area contributed by atoms with Gasteiger partial charge in [-0.2, -0.15) is 0 Å². The Kier molecular flexibility index (Phi) is 5.52. The van der Waals surface area contributed by atoms with Gasteiger partial charge in [0.1, 0.15) is 0 Å². The first kappa shape index (κ1) is 27.0. The predicted octanol–water partition coefficient (Wildman–Crippen LogP) is 8.61. The summed E-state index contributed by atoms with van der Waals surface area (Å²) in [4.78, 5) is 4.98. The summed E-state index contributed by atoms with van der Waals surface area (Å²) in [6.45, 7) is 0.126. The van der Waals surface area contributed by atoms with Gasteiger partial charge in [0.15, 0.2) is 0 Å². The lowest BCUT2D eigenvalue weighted by Gasteiger charge is -2.39. The second-order valence-corrected chi connectivity index (χ2v) is 13.7. The van der Waals surface area contributed by atoms with Gasteiger partial charge in [0.05, 0.1) is 11.7 Å². The van der Waals surface area contributed by atoms with Gasteiger partial charge in [-0.3, -0.25) is 0 Å². The third-order valence-corrected chi connectivity index (χ3v) is 11.3. The summed E-state index contributed by atoms with van der Waals surface area (Å²) in [5, 5.41) is 1.30. The van der Waals surface area contributed by atoms with Crippen molar-refractivity contribution in [2.24, 2.45) is 0 Å². The molecule has 0 fully saturated rings. The molecule has 0 radical (unpaired) electrons. The molecular weight excluding hydrogens is 593 g/mol. The van der Waals surface area contributed by atoms with E-state index >= 15 is 0 Å². The topological polar surface area (TPSA) is 11.4 Å². The quantitative estimate of drug-likeness (QED) is 0.182. The standard InChI is InChI=1S/C45H32BN3/c1-47-39-24-13-25-40-43(39)46(35-27-26-31(28-41(35)47)48-37-22-10-8-18-32(37)33-19-9-11-23-38(33)48)36-21-12-20-34-42(29-14-4-2-5-15-29)44(49(40)45(34)36)30-16-6-3-7-17-30/h2-28,32,37H,1H3. The van der Waals surface area contributed by atoms with E-state index in [1.807, 2.05) is 0 Å². The van der Waals surface area contributed by atoms with Gasteiger partial charge in [-0.1, -0.05) is 133 Å². The Hall–Kier alpha value is -6.00. The molecule has 6 aromatic carbocycles. The molecule has 4 heterocycles. The molecule has 3 aliphatic heterocycles. The average molecular weight is 626 g/mol. The van der Waals surface area contributed by atoms with Crippen molar-refractivity contribution in [1.29, 1.82) is 0 Å². The Labute approximate surface area is 286 Å². The maximum Gasteiger partial charge on any atom is 0.252 e. The molecule has 3 nitrogen and oxygen atoms in total. The van der Waals surface area contributed by atoms with E-state index in [1.54, 1.807) is 0 Å². The van der Waals surface area contributed by atoms with Gasteiger partial charge >= 0.3 is 0 Å². The van der Waals surface area contributed by atoms with Crippen molar-refractivity contribution in [2.75, 3.05) is 16.8 Å². The maximum atomic E-state index is 2.56. The molecular formula is C45H32BN3. The SMILES string of the molecule is CN1c2cc(N3c4ccccc4C4C=CC=CC43)ccc2B2c3c1cccc3-n1c(-c3ccccc3)c(-c3ccccc3)c3cccc2c31. The van der Waals surface area contributed by atoms with Crippen LogP contribution in [0.3, 0.4) is 0 Å². The van der Waals surface area contributed by atoms with Crippen LogP contribution in [-0.2, 0) is 0 Å². The van der Waals surface area contributed by atoms with Gasteiger partial charge in [-0.25, -0.2) is 0 Å². The second kappa shape index (κ2) is 10.0. The molecule has 49 heavy (non-hydrogen) atoms. The fourth-order valence-electron chi connectivity index (χ4n) is 9.34. The van der Waals surface area contributed by atoms with Crippen molar-refractivity contribution < 1.29 is 0 Å². The zero-order valence-electron chi connectivity index (χ0n) is 27.2. The lowest BCUT2D eigenvalue weighted by atomic mass is 9.34. The van der Waals surface area contributed by atoms with Gasteiger partial charge in [0.2, 0.25) is 0 Å². The molecule has 0 bridgehead atoms. The summed E-state index contributed by atoms with van der Waals surface area (Å²) in [6, 6.07) is 52.1. The molecule has 0 spiro atoms. The van der Waals surface area contributed by atoms with E-state index in [1.165, 1.54) is 83.7 Å². The van der Waals surface area contributed by atoms with Crippen molar-refractivity contribution in [2.45, 2.75) is 12.0 Å². The molecule has 0 saturated carbocycles. The summed E-state index contributed by atoms with van der Waals surface area (Å²) in [7, 11) is 2.25. The van der Waals surface area contributed by atoms with Crippen LogP contribution in [0.2, 0.25) is 0 Å². The first-order valence-electron chi connectivity index (χ1n) is 17.3. The molecule has 2 atom stereocenters. The monoisotopic (exact) mass is 625 g/mol. The van der Waals surface area contributed by atoms with Crippen LogP contribution in [-0.4, -0.2) is 24.4 Å². The highest BCUT2D eigenvalue weighted by molar-refractivity contribution is 7.00. The number of hydrogen-bond donors (Lipinski definition) is 0. The highest BCUT2D eigenvalue weighted by atomic mass is 15.2. The Morgan fingerprint density at radius 1 is 0.571 bits per heavy atom. The van der Waals surface area contributed by atoms with Gasteiger partial charge in [0, 0.05) is 57.9 Å². The summed E-state index contributed by atoms with van der Waals surface area (Å²) >= 11 is 0. The minimum Gasteiger partial charge on any atom is -0.345 e. The van der Waals surface area contributed by atoms with Crippen LogP contribution in [0.15, 0.2) is 164 Å². The van der Waals surface area contributed by atoms with Crippen molar-refractivity contribution in [3.63, 3.8) is 0 Å². The Bertz CT molecular complexity index is 2540. The van der Waals surface area contributed by atoms with Gasteiger partial charge in [0.25, 0.3) is 6.71 Å². The molecule has 230 valence electrons. The number of para-hydroxylation sites is 2. The molecule has 0 N–H and O–H groups in total. The van der Waals surface area contributed by atoms with Crippen LogP contribution in [0, 0.1) is 0 Å². The number of aromatic nitrogens is 1. The van der Waals surface area contributed by atoms with Crippen LogP contribution < -0.4 is 26.2 Å². The highest BCUT2D eigenvalue weighted by Crippen LogP contribution is 2.49. The van der Waals surface area contributed by atoms with E-state index in [9.17, 15) is 0 Å². The number of benzene rings is 6. The Morgan fingerprint density at radius 2 is 1.29 bits per heavy atom. The normalized spacial score (nSPS) is 17.6. The molecule has 4 aliphatic rings. The van der Waals surface area contributed by atoms with Gasteiger partial charge in [-0.15, -0.1) is 0 Å². The molecule has 0 amide bonds. The number of anilines is 4. The second-order valence-electron chi connectivity index (χ2n) is 13.7. The number of allylic oxidation sites excluding steroid dienone is 2. The van der Waals surface area contributed by atoms with E-state index in [0.717, 1.165) is 0 Å². The van der Waals surface area contributed by atoms with E-state index in [0.29, 0.717) is 5.92 Å². The number of nitrogens with zero attached hydrogens (tertiary/aromatic N) is 3. The fraction of sp³-hybridized carbons (Fsp3) is 0.0667. The first-order valence-corrected chi connectivity index (χ1v) is 17.3. The molecule has 1 aliphatic carbocycles. The minimum absolute atomic E-state index is 0.126. The van der Waals surface area contributed by atoms with E-state index in [4.69, 9.17) is 0 Å². The van der Waals surface area contributed by atoms with Crippen molar-refractivity contribution in [3.05, 3.63) is 169 Å². The number of hydrogen-bond acceptors (Lipinski definition) is 2. The largest absolute Gasteiger partial charge is 0.345 e. The van der Waals surface area contributed by atoms with E-state index < -0.39 is 0 Å². The van der Waals surface area contributed by atoms with Crippen LogP contribution in [0.25, 0.3) is 39.0 Å². The third kappa shape index (κ3) is 3.58. The smallest absolute Gasteiger partial charge is 0.252 e. The predicted molar refractivity (Wildman–Crippen MR) is 207 cm³/mol. The summed E-state index contributed by atoms with van der Waals surface area (Å²) in [5.74, 6) is 0.361. The van der Waals surface area contributed by atoms with E-state index in [2.05, 4.69) is 185 Å². The molecule has 7 aromatic rings. The van der Waals surface area contributed by atoms with Crippen LogP contribution in [0.1, 0.15) is 11.5 Å². The number of rotatable bonds is 3. The van der Waals surface area contributed by atoms with Crippen LogP contribution in [0.4, 0.5) is 22.7 Å². The average Bonchev–Trinajstić information content (AvgIpc) is 3.69. The Balaban J connectivity index is 1.17. The third-order valence-electron chi connectivity index (χ3n) is 11.3. The maximum absolute atomic E-state index is 2.56. The first-order chi connectivity index (χ1) is 24.3. The van der Waals surface area contributed by atoms with Crippen LogP contribution in [0.5, 0.6) is 0 Å². The summed E-state index contributed by atoms with van der Waals surface area (Å²) < 4.78 is 2.56. The summed E-state index contributed by atoms with van der Waals surface area (Å²) in [5.41, 5.74) is 18.2. The van der Waals surface area contributed by atoms with E-state index in [-0.39, 0.29) is 12.8 Å². The molecule has 2 unspecified atom stereocenters. The van der Waals surface area contributed by atoms with Gasteiger partial charge in [-0.05, 0) is 63.4 Å². The Morgan fingerprint density at radius 3 is 2.14 bits per heavy atom. The van der Waals surface area contributed by atoms with Crippen molar-refractivity contribution in [1.82, 2.24) is 4.57 Å². The van der Waals surface area contributed by atoms with Crippen LogP contribution >= 0.6 is 0 Å². The minimum atomic E-state index is 0.126. The zero-order valence-corrected chi connectivity index (χ0v) is 27.2. The lowest BCUT2D eigenvalue weighted by molar-refractivity contribution is 0.745. The zero-order chi connectivity index (χ0) is 32.2.